The van der Waals surface area contributed by atoms with Crippen LogP contribution < -0.4 is 0 Å². The van der Waals surface area contributed by atoms with Crippen molar-refractivity contribution in [3.05, 3.63) is 109 Å². The molecule has 0 aliphatic rings. The number of aliphatic carboxylic acids is 1. The van der Waals surface area contributed by atoms with Crippen molar-refractivity contribution < 1.29 is 42.9 Å². The number of quaternary nitrogens is 1. The maximum absolute atomic E-state index is 12.9. The third-order valence-corrected chi connectivity index (χ3v) is 13.0. The van der Waals surface area contributed by atoms with Crippen molar-refractivity contribution >= 4 is 17.9 Å². The van der Waals surface area contributed by atoms with Gasteiger partial charge in [-0.05, 0) is 103 Å². The minimum atomic E-state index is -1.52. The molecule has 1 N–H and O–H groups in total. The van der Waals surface area contributed by atoms with E-state index in [0.29, 0.717) is 23.9 Å². The van der Waals surface area contributed by atoms with E-state index < -0.39 is 24.3 Å². The summed E-state index contributed by atoms with van der Waals surface area (Å²) in [6, 6.07) is 0. The Morgan fingerprint density at radius 1 is 0.403 bits per heavy atom. The Balaban J connectivity index is 4.28. The topological polar surface area (TPSA) is 108 Å². The van der Waals surface area contributed by atoms with Crippen LogP contribution in [0.4, 0.5) is 0 Å². The van der Waals surface area contributed by atoms with Crippen LogP contribution in [0.5, 0.6) is 0 Å². The lowest BCUT2D eigenvalue weighted by atomic mass is 10.1. The number of hydrogen-bond acceptors (Lipinski definition) is 7. The van der Waals surface area contributed by atoms with Crippen molar-refractivity contribution in [3.8, 4) is 0 Å². The smallest absolute Gasteiger partial charge is 0.361 e. The standard InChI is InChI=1S/C68H115NO8/c1-6-8-10-12-14-16-18-20-22-24-26-28-29-30-31-32-33-34-35-36-37-39-41-43-45-47-49-51-53-55-57-59-66(71)77-64(63-76-68(67(72)73)74-61-60-69(3,4)5)62-75-65(70)58-56-54-52-50-48-46-44-42-40-38-27-25-23-21-19-17-15-13-11-9-7-2/h8,10,14,16,20,22,25-28,30-31,33-34,36-37,41,43,64,68H,6-7,9,11-13,15,17-19,21,23-24,29,32,35,38-40,42,44-63H2,1-5H3/p+1/b10-8-,16-14-,22-20-,27-25-,28-26-,31-30-,34-33-,37-36-,43-41-. The fraction of sp³-hybridized carbons (Fsp3) is 0.691. The molecule has 0 spiro atoms. The van der Waals surface area contributed by atoms with Crippen LogP contribution in [0, 0.1) is 0 Å². The molecule has 0 saturated heterocycles. The molecule has 0 heterocycles. The first-order valence-electron chi connectivity index (χ1n) is 31.1. The molecule has 0 rings (SSSR count). The highest BCUT2D eigenvalue weighted by Crippen LogP contribution is 2.15. The average molecular weight is 1080 g/mol. The molecule has 0 saturated carbocycles. The number of ether oxygens (including phenoxy) is 4. The van der Waals surface area contributed by atoms with Gasteiger partial charge in [0.25, 0.3) is 6.29 Å². The molecule has 9 nitrogen and oxygen atoms in total. The molecular formula is C68H116NO8+. The summed E-state index contributed by atoms with van der Waals surface area (Å²) in [7, 11) is 5.96. The predicted octanol–water partition coefficient (Wildman–Crippen LogP) is 18.7. The first-order valence-corrected chi connectivity index (χ1v) is 31.1. The molecule has 0 radical (unpaired) electrons. The first-order chi connectivity index (χ1) is 37.6. The first kappa shape index (κ1) is 73.0. The molecule has 0 aromatic carbocycles. The van der Waals surface area contributed by atoms with Gasteiger partial charge in [-0.1, -0.05) is 239 Å². The van der Waals surface area contributed by atoms with E-state index in [1.165, 1.54) is 103 Å². The van der Waals surface area contributed by atoms with Crippen molar-refractivity contribution in [2.45, 2.75) is 257 Å². The molecule has 0 aliphatic heterocycles. The van der Waals surface area contributed by atoms with Gasteiger partial charge in [-0.2, -0.15) is 0 Å². The van der Waals surface area contributed by atoms with Crippen LogP contribution in [0.1, 0.15) is 245 Å². The van der Waals surface area contributed by atoms with Crippen LogP contribution in [0.3, 0.4) is 0 Å². The van der Waals surface area contributed by atoms with E-state index in [1.54, 1.807) is 0 Å². The van der Waals surface area contributed by atoms with E-state index in [9.17, 15) is 19.5 Å². The molecule has 9 heteroatoms. The van der Waals surface area contributed by atoms with Crippen molar-refractivity contribution in [2.24, 2.45) is 0 Å². The summed E-state index contributed by atoms with van der Waals surface area (Å²) in [5.41, 5.74) is 0. The molecule has 0 fully saturated rings. The highest BCUT2D eigenvalue weighted by molar-refractivity contribution is 5.71. The molecule has 2 unspecified atom stereocenters. The maximum atomic E-state index is 12.9. The third kappa shape index (κ3) is 59.5. The number of unbranched alkanes of at least 4 members (excludes halogenated alkanes) is 23. The molecule has 0 aromatic heterocycles. The number of esters is 2. The van der Waals surface area contributed by atoms with Crippen LogP contribution in [-0.2, 0) is 33.3 Å². The minimum absolute atomic E-state index is 0.179. The number of carboxylic acids is 1. The van der Waals surface area contributed by atoms with Gasteiger partial charge >= 0.3 is 17.9 Å². The number of allylic oxidation sites excluding steroid dienone is 18. The number of rotatable bonds is 56. The zero-order chi connectivity index (χ0) is 56.2. The van der Waals surface area contributed by atoms with E-state index in [2.05, 4.69) is 123 Å². The van der Waals surface area contributed by atoms with Gasteiger partial charge in [0, 0.05) is 12.8 Å². The third-order valence-electron chi connectivity index (χ3n) is 13.0. The zero-order valence-corrected chi connectivity index (χ0v) is 50.1. The van der Waals surface area contributed by atoms with Gasteiger partial charge in [0.15, 0.2) is 6.10 Å². The summed E-state index contributed by atoms with van der Waals surface area (Å²) >= 11 is 0. The van der Waals surface area contributed by atoms with Gasteiger partial charge in [-0.3, -0.25) is 9.59 Å². The second-order valence-electron chi connectivity index (χ2n) is 21.6. The van der Waals surface area contributed by atoms with Crippen LogP contribution in [0.15, 0.2) is 109 Å². The van der Waals surface area contributed by atoms with Crippen molar-refractivity contribution in [1.29, 1.82) is 0 Å². The Hall–Kier alpha value is -4.05. The number of carbonyl (C=O) groups excluding carboxylic acids is 2. The fourth-order valence-corrected chi connectivity index (χ4v) is 8.26. The molecule has 0 aromatic rings. The molecule has 77 heavy (non-hydrogen) atoms. The van der Waals surface area contributed by atoms with Gasteiger partial charge in [0.05, 0.1) is 34.4 Å². The van der Waals surface area contributed by atoms with Crippen LogP contribution in [0.25, 0.3) is 0 Å². The van der Waals surface area contributed by atoms with E-state index in [0.717, 1.165) is 109 Å². The van der Waals surface area contributed by atoms with Crippen molar-refractivity contribution in [1.82, 2.24) is 0 Å². The van der Waals surface area contributed by atoms with E-state index in [4.69, 9.17) is 18.9 Å². The van der Waals surface area contributed by atoms with Crippen molar-refractivity contribution in [3.63, 3.8) is 0 Å². The SMILES string of the molecule is CC/C=C\C/C=C\C/C=C\C/C=C\C/C=C\C/C=C\C/C=C\C/C=C\CCCCCCCCC(=O)OC(COC(=O)CCCCCCCCCCC/C=C\CCCCCCCCCC)COC(OCC[N+](C)(C)C)C(=O)O. The summed E-state index contributed by atoms with van der Waals surface area (Å²) in [6.45, 7) is 4.75. The van der Waals surface area contributed by atoms with Crippen LogP contribution in [0.2, 0.25) is 0 Å². The second-order valence-corrected chi connectivity index (χ2v) is 21.6. The molecule has 0 aliphatic carbocycles. The zero-order valence-electron chi connectivity index (χ0n) is 50.1. The van der Waals surface area contributed by atoms with Gasteiger partial charge in [0.1, 0.15) is 13.2 Å². The largest absolute Gasteiger partial charge is 0.477 e. The van der Waals surface area contributed by atoms with Crippen LogP contribution >= 0.6 is 0 Å². The Morgan fingerprint density at radius 2 is 0.740 bits per heavy atom. The average Bonchev–Trinajstić information content (AvgIpc) is 3.40. The molecule has 0 amide bonds. The number of carbonyl (C=O) groups is 3. The molecule has 2 atom stereocenters. The summed E-state index contributed by atoms with van der Waals surface area (Å²) in [5, 5.41) is 9.72. The van der Waals surface area contributed by atoms with Gasteiger partial charge in [-0.15, -0.1) is 0 Å². The Kier molecular flexibility index (Phi) is 55.1. The van der Waals surface area contributed by atoms with E-state index in [-0.39, 0.29) is 32.2 Å². The maximum Gasteiger partial charge on any atom is 0.361 e. The Bertz CT molecular complexity index is 1630. The van der Waals surface area contributed by atoms with E-state index >= 15 is 0 Å². The monoisotopic (exact) mass is 1070 g/mol. The van der Waals surface area contributed by atoms with Gasteiger partial charge in [0.2, 0.25) is 0 Å². The molecule has 0 bridgehead atoms. The number of carboxylic acid groups (broad SMARTS) is 1. The number of likely N-dealkylation sites (N-methyl/N-ethyl adjacent to an activating group) is 1. The Morgan fingerprint density at radius 3 is 1.12 bits per heavy atom. The van der Waals surface area contributed by atoms with Gasteiger partial charge < -0.3 is 28.5 Å². The fourth-order valence-electron chi connectivity index (χ4n) is 8.26. The lowest BCUT2D eigenvalue weighted by Gasteiger charge is -2.25. The highest BCUT2D eigenvalue weighted by Gasteiger charge is 2.25. The minimum Gasteiger partial charge on any atom is -0.477 e. The quantitative estimate of drug-likeness (QED) is 0.0211. The van der Waals surface area contributed by atoms with Crippen LogP contribution in [-0.4, -0.2) is 87.4 Å². The Labute approximate surface area is 473 Å². The lowest BCUT2D eigenvalue weighted by molar-refractivity contribution is -0.870. The van der Waals surface area contributed by atoms with Crippen molar-refractivity contribution in [2.75, 3.05) is 47.5 Å². The highest BCUT2D eigenvalue weighted by atomic mass is 16.7. The van der Waals surface area contributed by atoms with E-state index in [1.807, 2.05) is 21.1 Å². The lowest BCUT2D eigenvalue weighted by Crippen LogP contribution is -2.40. The van der Waals surface area contributed by atoms with Gasteiger partial charge in [-0.25, -0.2) is 4.79 Å². The predicted molar refractivity (Wildman–Crippen MR) is 327 cm³/mol. The number of nitrogens with zero attached hydrogens (tertiary/aromatic N) is 1. The normalized spacial score (nSPS) is 13.5. The summed E-state index contributed by atoms with van der Waals surface area (Å²) < 4.78 is 22.9. The molecular weight excluding hydrogens is 959 g/mol. The summed E-state index contributed by atoms with van der Waals surface area (Å²) in [5.74, 6) is -2.03. The number of hydrogen-bond donors (Lipinski definition) is 1. The second kappa shape index (κ2) is 58.1. The summed E-state index contributed by atoms with van der Waals surface area (Å²) in [4.78, 5) is 37.5. The summed E-state index contributed by atoms with van der Waals surface area (Å²) in [6.07, 6.45) is 77.4. The molecule has 440 valence electrons.